The Morgan fingerprint density at radius 3 is 2.82 bits per heavy atom. The van der Waals surface area contributed by atoms with Gasteiger partial charge < -0.3 is 15.2 Å². The van der Waals surface area contributed by atoms with E-state index >= 15 is 0 Å². The zero-order valence-corrected chi connectivity index (χ0v) is 11.5. The van der Waals surface area contributed by atoms with E-state index in [1.54, 1.807) is 19.2 Å². The average Bonchev–Trinajstić information content (AvgIpc) is 2.29. The third-order valence-electron chi connectivity index (χ3n) is 2.52. The molecule has 0 heterocycles. The van der Waals surface area contributed by atoms with Crippen LogP contribution in [0.4, 0.5) is 0 Å². The number of methoxy groups -OCH3 is 1. The van der Waals surface area contributed by atoms with Crippen LogP contribution in [0.5, 0.6) is 11.5 Å². The van der Waals surface area contributed by atoms with Crippen molar-refractivity contribution in [1.29, 1.82) is 0 Å². The van der Waals surface area contributed by atoms with Gasteiger partial charge in [-0.05, 0) is 42.2 Å². The summed E-state index contributed by atoms with van der Waals surface area (Å²) in [6, 6.07) is 5.49. The second-order valence-corrected chi connectivity index (χ2v) is 5.11. The van der Waals surface area contributed by atoms with E-state index < -0.39 is 0 Å². The first-order chi connectivity index (χ1) is 8.17. The summed E-state index contributed by atoms with van der Waals surface area (Å²) < 4.78 is 5.00. The Morgan fingerprint density at radius 2 is 2.24 bits per heavy atom. The smallest absolute Gasteiger partial charge is 0.160 e. The van der Waals surface area contributed by atoms with E-state index in [2.05, 4.69) is 18.5 Å². The zero-order chi connectivity index (χ0) is 12.7. The SMILES string of the molecule is COc1ccc(CNCC(C)CSC)cc1O. The van der Waals surface area contributed by atoms with Crippen LogP contribution in [-0.2, 0) is 6.54 Å². The Balaban J connectivity index is 2.39. The third-order valence-corrected chi connectivity index (χ3v) is 3.42. The minimum atomic E-state index is 0.198. The number of hydrogen-bond donors (Lipinski definition) is 2. The fourth-order valence-corrected chi connectivity index (χ4v) is 2.34. The highest BCUT2D eigenvalue weighted by Crippen LogP contribution is 2.26. The summed E-state index contributed by atoms with van der Waals surface area (Å²) in [5.41, 5.74) is 1.07. The number of phenolic OH excluding ortho intramolecular Hbond substituents is 1. The van der Waals surface area contributed by atoms with E-state index in [4.69, 9.17) is 4.74 Å². The molecule has 1 aromatic rings. The fourth-order valence-electron chi connectivity index (χ4n) is 1.65. The van der Waals surface area contributed by atoms with Crippen LogP contribution in [0.2, 0.25) is 0 Å². The van der Waals surface area contributed by atoms with E-state index in [0.717, 1.165) is 18.7 Å². The highest BCUT2D eigenvalue weighted by atomic mass is 32.2. The first kappa shape index (κ1) is 14.2. The van der Waals surface area contributed by atoms with Gasteiger partial charge in [-0.2, -0.15) is 11.8 Å². The van der Waals surface area contributed by atoms with Crippen molar-refractivity contribution in [3.63, 3.8) is 0 Å². The Bertz CT molecular complexity index is 344. The van der Waals surface area contributed by atoms with Gasteiger partial charge in [0.1, 0.15) is 0 Å². The van der Waals surface area contributed by atoms with E-state index in [1.807, 2.05) is 17.8 Å². The number of thioether (sulfide) groups is 1. The van der Waals surface area contributed by atoms with Gasteiger partial charge in [0.05, 0.1) is 7.11 Å². The van der Waals surface area contributed by atoms with E-state index in [0.29, 0.717) is 11.7 Å². The summed E-state index contributed by atoms with van der Waals surface area (Å²) in [7, 11) is 1.55. The Kier molecular flexibility index (Phi) is 6.22. The molecule has 0 bridgehead atoms. The molecular formula is C13H21NO2S. The Labute approximate surface area is 108 Å². The molecule has 1 atom stereocenters. The first-order valence-electron chi connectivity index (χ1n) is 5.73. The molecule has 0 radical (unpaired) electrons. The predicted molar refractivity (Wildman–Crippen MR) is 73.9 cm³/mol. The zero-order valence-electron chi connectivity index (χ0n) is 10.7. The molecule has 0 saturated heterocycles. The van der Waals surface area contributed by atoms with Crippen LogP contribution in [0, 0.1) is 5.92 Å². The Hall–Kier alpha value is -0.870. The summed E-state index contributed by atoms with van der Waals surface area (Å²) in [6.45, 7) is 4.00. The molecule has 1 unspecified atom stereocenters. The van der Waals surface area contributed by atoms with E-state index in [-0.39, 0.29) is 5.75 Å². The molecule has 0 saturated carbocycles. The van der Waals surface area contributed by atoms with Gasteiger partial charge in [-0.25, -0.2) is 0 Å². The van der Waals surface area contributed by atoms with Gasteiger partial charge in [0.2, 0.25) is 0 Å². The summed E-state index contributed by atoms with van der Waals surface area (Å²) in [6.07, 6.45) is 2.12. The molecule has 2 N–H and O–H groups in total. The largest absolute Gasteiger partial charge is 0.504 e. The maximum absolute atomic E-state index is 9.63. The van der Waals surface area contributed by atoms with Gasteiger partial charge in [-0.15, -0.1) is 0 Å². The molecule has 96 valence electrons. The molecule has 0 fully saturated rings. The van der Waals surface area contributed by atoms with E-state index in [9.17, 15) is 5.11 Å². The van der Waals surface area contributed by atoms with Gasteiger partial charge in [0.25, 0.3) is 0 Å². The normalized spacial score (nSPS) is 12.4. The molecule has 1 aromatic carbocycles. The quantitative estimate of drug-likeness (QED) is 0.785. The van der Waals surface area contributed by atoms with Crippen LogP contribution in [0.3, 0.4) is 0 Å². The van der Waals surface area contributed by atoms with Crippen LogP contribution in [0.1, 0.15) is 12.5 Å². The first-order valence-corrected chi connectivity index (χ1v) is 7.12. The molecule has 0 amide bonds. The lowest BCUT2D eigenvalue weighted by Crippen LogP contribution is -2.21. The molecule has 0 aliphatic carbocycles. The van der Waals surface area contributed by atoms with Gasteiger partial charge in [0.15, 0.2) is 11.5 Å². The van der Waals surface area contributed by atoms with Crippen molar-refractivity contribution in [3.8, 4) is 11.5 Å². The summed E-state index contributed by atoms with van der Waals surface area (Å²) >= 11 is 1.87. The van der Waals surface area contributed by atoms with Crippen LogP contribution in [0.15, 0.2) is 18.2 Å². The second kappa shape index (κ2) is 7.45. The molecule has 4 heteroatoms. The van der Waals surface area contributed by atoms with Crippen molar-refractivity contribution in [3.05, 3.63) is 23.8 Å². The second-order valence-electron chi connectivity index (χ2n) is 4.20. The lowest BCUT2D eigenvalue weighted by Gasteiger charge is -2.11. The van der Waals surface area contributed by atoms with Gasteiger partial charge in [-0.1, -0.05) is 13.0 Å². The van der Waals surface area contributed by atoms with Crippen molar-refractivity contribution in [2.45, 2.75) is 13.5 Å². The molecule has 17 heavy (non-hydrogen) atoms. The number of rotatable bonds is 7. The average molecular weight is 255 g/mol. The molecule has 0 aliphatic rings. The number of nitrogens with one attached hydrogen (secondary N) is 1. The number of hydrogen-bond acceptors (Lipinski definition) is 4. The van der Waals surface area contributed by atoms with E-state index in [1.165, 1.54) is 5.75 Å². The number of aromatic hydroxyl groups is 1. The van der Waals surface area contributed by atoms with Crippen molar-refractivity contribution >= 4 is 11.8 Å². The third kappa shape index (κ3) is 4.88. The molecule has 0 aromatic heterocycles. The van der Waals surface area contributed by atoms with Crippen LogP contribution >= 0.6 is 11.8 Å². The fraction of sp³-hybridized carbons (Fsp3) is 0.538. The van der Waals surface area contributed by atoms with Crippen LogP contribution in [0.25, 0.3) is 0 Å². The van der Waals surface area contributed by atoms with Crippen molar-refractivity contribution < 1.29 is 9.84 Å². The molecule has 0 aliphatic heterocycles. The van der Waals surface area contributed by atoms with Gasteiger partial charge in [-0.3, -0.25) is 0 Å². The number of phenols is 1. The topological polar surface area (TPSA) is 41.5 Å². The van der Waals surface area contributed by atoms with Crippen molar-refractivity contribution in [1.82, 2.24) is 5.32 Å². The summed E-state index contributed by atoms with van der Waals surface area (Å²) in [5.74, 6) is 2.55. The van der Waals surface area contributed by atoms with Gasteiger partial charge in [0, 0.05) is 6.54 Å². The highest BCUT2D eigenvalue weighted by Gasteiger charge is 2.03. The summed E-state index contributed by atoms with van der Waals surface area (Å²) in [5, 5.41) is 13.0. The van der Waals surface area contributed by atoms with Crippen molar-refractivity contribution in [2.24, 2.45) is 5.92 Å². The number of ether oxygens (including phenoxy) is 1. The lowest BCUT2D eigenvalue weighted by atomic mass is 10.2. The minimum absolute atomic E-state index is 0.198. The highest BCUT2D eigenvalue weighted by molar-refractivity contribution is 7.98. The monoisotopic (exact) mass is 255 g/mol. The molecule has 1 rings (SSSR count). The standard InChI is InChI=1S/C13H21NO2S/c1-10(9-17-3)7-14-8-11-4-5-13(16-2)12(15)6-11/h4-6,10,14-15H,7-9H2,1-3H3. The van der Waals surface area contributed by atoms with Crippen LogP contribution in [-0.4, -0.2) is 30.8 Å². The Morgan fingerprint density at radius 1 is 1.47 bits per heavy atom. The molecule has 3 nitrogen and oxygen atoms in total. The van der Waals surface area contributed by atoms with Gasteiger partial charge >= 0.3 is 0 Å². The molecule has 0 spiro atoms. The summed E-state index contributed by atoms with van der Waals surface area (Å²) in [4.78, 5) is 0. The van der Waals surface area contributed by atoms with Crippen molar-refractivity contribution in [2.75, 3.05) is 25.7 Å². The minimum Gasteiger partial charge on any atom is -0.504 e. The molecular weight excluding hydrogens is 234 g/mol. The lowest BCUT2D eigenvalue weighted by molar-refractivity contribution is 0.373. The maximum Gasteiger partial charge on any atom is 0.160 e. The maximum atomic E-state index is 9.63. The number of benzene rings is 1. The predicted octanol–water partition coefficient (Wildman–Crippen LogP) is 2.49. The van der Waals surface area contributed by atoms with Crippen LogP contribution < -0.4 is 10.1 Å².